The van der Waals surface area contributed by atoms with Gasteiger partial charge in [-0.2, -0.15) is 13.2 Å². The number of rotatable bonds is 5. The molecule has 7 heteroatoms. The van der Waals surface area contributed by atoms with Crippen LogP contribution in [0.1, 0.15) is 12.2 Å². The van der Waals surface area contributed by atoms with Gasteiger partial charge in [-0.05, 0) is 12.1 Å². The lowest BCUT2D eigenvalue weighted by atomic mass is 10.3. The molecule has 0 spiro atoms. The first-order chi connectivity index (χ1) is 9.44. The summed E-state index contributed by atoms with van der Waals surface area (Å²) in [6.07, 6.45) is -4.67. The van der Waals surface area contributed by atoms with E-state index >= 15 is 0 Å². The van der Waals surface area contributed by atoms with E-state index in [1.54, 1.807) is 22.8 Å². The Bertz CT molecular complexity index is 595. The van der Waals surface area contributed by atoms with Crippen LogP contribution in [0.2, 0.25) is 0 Å². The van der Waals surface area contributed by atoms with Gasteiger partial charge >= 0.3 is 6.18 Å². The van der Waals surface area contributed by atoms with E-state index in [0.717, 1.165) is 0 Å². The summed E-state index contributed by atoms with van der Waals surface area (Å²) in [5, 5.41) is 0. The Hall–Kier alpha value is -1.43. The van der Waals surface area contributed by atoms with Crippen molar-refractivity contribution >= 4 is 22.6 Å². The summed E-state index contributed by atoms with van der Waals surface area (Å²) in [6, 6.07) is 5.15. The highest BCUT2D eigenvalue weighted by Crippen LogP contribution is 2.26. The quantitative estimate of drug-likeness (QED) is 0.786. The smallest absolute Gasteiger partial charge is 0.390 e. The highest BCUT2D eigenvalue weighted by atomic mass is 35.5. The van der Waals surface area contributed by atoms with Crippen LogP contribution in [0.15, 0.2) is 18.2 Å². The van der Waals surface area contributed by atoms with Crippen molar-refractivity contribution in [3.05, 3.63) is 24.0 Å². The van der Waals surface area contributed by atoms with E-state index in [2.05, 4.69) is 4.98 Å². The van der Waals surface area contributed by atoms with Gasteiger partial charge in [-0.1, -0.05) is 0 Å². The molecule has 0 bridgehead atoms. The molecule has 1 aromatic heterocycles. The van der Waals surface area contributed by atoms with E-state index in [1.165, 1.54) is 7.11 Å². The van der Waals surface area contributed by atoms with E-state index in [0.29, 0.717) is 34.9 Å². The number of methoxy groups -OCH3 is 1. The van der Waals surface area contributed by atoms with Gasteiger partial charge < -0.3 is 9.30 Å². The zero-order chi connectivity index (χ0) is 14.8. The maximum absolute atomic E-state index is 12.4. The summed E-state index contributed by atoms with van der Waals surface area (Å²) in [5.41, 5.74) is 1.28. The first kappa shape index (κ1) is 15.0. The third-order valence-corrected chi connectivity index (χ3v) is 3.16. The van der Waals surface area contributed by atoms with Crippen molar-refractivity contribution in [3.8, 4) is 5.75 Å². The van der Waals surface area contributed by atoms with Crippen LogP contribution in [0.3, 0.4) is 0 Å². The first-order valence-corrected chi connectivity index (χ1v) is 6.64. The number of imidazole rings is 1. The molecule has 110 valence electrons. The van der Waals surface area contributed by atoms with Crippen LogP contribution >= 0.6 is 11.6 Å². The van der Waals surface area contributed by atoms with Crippen molar-refractivity contribution in [2.24, 2.45) is 0 Å². The molecule has 3 nitrogen and oxygen atoms in total. The predicted molar refractivity (Wildman–Crippen MR) is 71.4 cm³/mol. The van der Waals surface area contributed by atoms with Crippen LogP contribution < -0.4 is 4.74 Å². The Morgan fingerprint density at radius 3 is 2.70 bits per heavy atom. The average molecular weight is 307 g/mol. The molecule has 2 aromatic rings. The van der Waals surface area contributed by atoms with Crippen molar-refractivity contribution in [2.75, 3.05) is 13.0 Å². The van der Waals surface area contributed by atoms with Gasteiger partial charge in [0.2, 0.25) is 0 Å². The molecule has 0 fully saturated rings. The average Bonchev–Trinajstić information content (AvgIpc) is 2.72. The summed E-state index contributed by atoms with van der Waals surface area (Å²) >= 11 is 5.68. The lowest BCUT2D eigenvalue weighted by molar-refractivity contribution is -0.136. The molecule has 0 saturated heterocycles. The number of halogens is 4. The molecule has 0 aliphatic rings. The molecule has 0 unspecified atom stereocenters. The van der Waals surface area contributed by atoms with Crippen LogP contribution in [0, 0.1) is 0 Å². The Kier molecular flexibility index (Phi) is 4.42. The molecule has 1 aromatic carbocycles. The number of aromatic nitrogens is 2. The van der Waals surface area contributed by atoms with Crippen LogP contribution in [0.25, 0.3) is 11.0 Å². The van der Waals surface area contributed by atoms with Crippen molar-refractivity contribution in [2.45, 2.75) is 25.6 Å². The third kappa shape index (κ3) is 3.36. The monoisotopic (exact) mass is 306 g/mol. The Balaban J connectivity index is 2.43. The number of fused-ring (bicyclic) bond motifs is 1. The Morgan fingerprint density at radius 2 is 2.10 bits per heavy atom. The SMILES string of the molecule is COc1ccc2nc(CCCl)n(CCC(F)(F)F)c2c1. The summed E-state index contributed by atoms with van der Waals surface area (Å²) in [7, 11) is 1.51. The van der Waals surface area contributed by atoms with Gasteiger partial charge in [0, 0.05) is 24.9 Å². The van der Waals surface area contributed by atoms with Crippen LogP contribution in [-0.4, -0.2) is 28.7 Å². The number of alkyl halides is 4. The summed E-state index contributed by atoms with van der Waals surface area (Å²) in [6.45, 7) is -0.167. The molecule has 0 aliphatic heterocycles. The topological polar surface area (TPSA) is 27.1 Å². The van der Waals surface area contributed by atoms with Crippen molar-refractivity contribution in [1.82, 2.24) is 9.55 Å². The minimum absolute atomic E-state index is 0.167. The maximum atomic E-state index is 12.4. The van der Waals surface area contributed by atoms with Gasteiger partial charge in [0.25, 0.3) is 0 Å². The number of hydrogen-bond donors (Lipinski definition) is 0. The molecule has 0 amide bonds. The van der Waals surface area contributed by atoms with E-state index in [9.17, 15) is 13.2 Å². The maximum Gasteiger partial charge on any atom is 0.390 e. The molecule has 0 radical (unpaired) electrons. The van der Waals surface area contributed by atoms with Gasteiger partial charge in [0.05, 0.1) is 24.6 Å². The molecular weight excluding hydrogens is 293 g/mol. The molecule has 0 saturated carbocycles. The van der Waals surface area contributed by atoms with Gasteiger partial charge in [0.15, 0.2) is 0 Å². The second kappa shape index (κ2) is 5.91. The number of ether oxygens (including phenoxy) is 1. The number of nitrogens with zero attached hydrogens (tertiary/aromatic N) is 2. The third-order valence-electron chi connectivity index (χ3n) is 2.97. The summed E-state index contributed by atoms with van der Waals surface area (Å²) < 4.78 is 43.9. The van der Waals surface area contributed by atoms with Crippen molar-refractivity contribution in [3.63, 3.8) is 0 Å². The van der Waals surface area contributed by atoms with E-state index in [1.807, 2.05) is 0 Å². The molecular formula is C13H14ClF3N2O. The molecule has 0 N–H and O–H groups in total. The number of hydrogen-bond acceptors (Lipinski definition) is 2. The second-order valence-electron chi connectivity index (χ2n) is 4.34. The fourth-order valence-corrected chi connectivity index (χ4v) is 2.21. The number of aryl methyl sites for hydroxylation is 2. The summed E-state index contributed by atoms with van der Waals surface area (Å²) in [5.74, 6) is 1.46. The largest absolute Gasteiger partial charge is 0.497 e. The minimum atomic E-state index is -4.20. The highest BCUT2D eigenvalue weighted by Gasteiger charge is 2.27. The fourth-order valence-electron chi connectivity index (χ4n) is 2.04. The van der Waals surface area contributed by atoms with E-state index in [4.69, 9.17) is 16.3 Å². The van der Waals surface area contributed by atoms with E-state index < -0.39 is 12.6 Å². The lowest BCUT2D eigenvalue weighted by Gasteiger charge is -2.11. The van der Waals surface area contributed by atoms with Crippen LogP contribution in [-0.2, 0) is 13.0 Å². The van der Waals surface area contributed by atoms with Gasteiger partial charge in [-0.25, -0.2) is 4.98 Å². The molecule has 1 heterocycles. The zero-order valence-electron chi connectivity index (χ0n) is 10.9. The Morgan fingerprint density at radius 1 is 1.35 bits per heavy atom. The lowest BCUT2D eigenvalue weighted by Crippen LogP contribution is -2.14. The van der Waals surface area contributed by atoms with Gasteiger partial charge in [-0.3, -0.25) is 0 Å². The van der Waals surface area contributed by atoms with E-state index in [-0.39, 0.29) is 6.54 Å². The highest BCUT2D eigenvalue weighted by molar-refractivity contribution is 6.17. The predicted octanol–water partition coefficient (Wildman–Crippen LogP) is 3.78. The summed E-state index contributed by atoms with van der Waals surface area (Å²) in [4.78, 5) is 4.33. The molecule has 20 heavy (non-hydrogen) atoms. The van der Waals surface area contributed by atoms with Crippen LogP contribution in [0.4, 0.5) is 13.2 Å². The minimum Gasteiger partial charge on any atom is -0.497 e. The first-order valence-electron chi connectivity index (χ1n) is 6.10. The number of benzene rings is 1. The van der Waals surface area contributed by atoms with Gasteiger partial charge in [0.1, 0.15) is 11.6 Å². The van der Waals surface area contributed by atoms with Crippen LogP contribution in [0.5, 0.6) is 5.75 Å². The Labute approximate surface area is 119 Å². The standard InChI is InChI=1S/C13H14ClF3N2O/c1-20-9-2-3-10-11(8-9)19(7-5-13(15,16)17)12(18-10)4-6-14/h2-3,8H,4-7H2,1H3. The fraction of sp³-hybridized carbons (Fsp3) is 0.462. The molecule has 0 aliphatic carbocycles. The van der Waals surface area contributed by atoms with Gasteiger partial charge in [-0.15, -0.1) is 11.6 Å². The van der Waals surface area contributed by atoms with Crippen molar-refractivity contribution in [1.29, 1.82) is 0 Å². The normalized spacial score (nSPS) is 12.1. The zero-order valence-corrected chi connectivity index (χ0v) is 11.6. The van der Waals surface area contributed by atoms with Crippen molar-refractivity contribution < 1.29 is 17.9 Å². The molecule has 2 rings (SSSR count). The molecule has 0 atom stereocenters. The second-order valence-corrected chi connectivity index (χ2v) is 4.72.